The molecule has 0 aliphatic carbocycles. The van der Waals surface area contributed by atoms with Gasteiger partial charge in [-0.1, -0.05) is 0 Å². The lowest BCUT2D eigenvalue weighted by Gasteiger charge is -2.27. The maximum Gasteiger partial charge on any atom is 0.259 e. The molecule has 5 aromatic rings. The fourth-order valence-electron chi connectivity index (χ4n) is 4.51. The van der Waals surface area contributed by atoms with Crippen LogP contribution in [0.2, 0.25) is 0 Å². The maximum atomic E-state index is 14.5. The zero-order valence-electron chi connectivity index (χ0n) is 18.8. The van der Waals surface area contributed by atoms with Crippen molar-refractivity contribution in [3.8, 4) is 5.95 Å². The fourth-order valence-corrected chi connectivity index (χ4v) is 4.51. The summed E-state index contributed by atoms with van der Waals surface area (Å²) in [5.41, 5.74) is 2.46. The Kier molecular flexibility index (Phi) is 5.32. The number of fused-ring (bicyclic) bond motifs is 1. The second-order valence-electron chi connectivity index (χ2n) is 8.36. The first-order valence-corrected chi connectivity index (χ1v) is 11.2. The van der Waals surface area contributed by atoms with Gasteiger partial charge >= 0.3 is 0 Å². The Morgan fingerprint density at radius 1 is 1.06 bits per heavy atom. The summed E-state index contributed by atoms with van der Waals surface area (Å²) in [5.74, 6) is -0.966. The molecule has 1 saturated heterocycles. The predicted molar refractivity (Wildman–Crippen MR) is 126 cm³/mol. The first-order chi connectivity index (χ1) is 17.6. The quantitative estimate of drug-likeness (QED) is 0.404. The number of carbonyl (C=O) groups excluding carboxylic acids is 1. The van der Waals surface area contributed by atoms with Crippen molar-refractivity contribution in [3.05, 3.63) is 90.5 Å². The van der Waals surface area contributed by atoms with E-state index in [0.717, 1.165) is 24.2 Å². The molecule has 4 aromatic heterocycles. The highest BCUT2D eigenvalue weighted by molar-refractivity contribution is 6.08. The lowest BCUT2D eigenvalue weighted by atomic mass is 10.0. The van der Waals surface area contributed by atoms with Crippen molar-refractivity contribution < 1.29 is 13.6 Å². The van der Waals surface area contributed by atoms with Crippen LogP contribution in [0.1, 0.15) is 34.8 Å². The Morgan fingerprint density at radius 3 is 2.72 bits per heavy atom. The van der Waals surface area contributed by atoms with Crippen LogP contribution in [0, 0.1) is 11.6 Å². The van der Waals surface area contributed by atoms with Gasteiger partial charge in [0.2, 0.25) is 0 Å². The summed E-state index contributed by atoms with van der Waals surface area (Å²) in [6, 6.07) is 6.92. The van der Waals surface area contributed by atoms with Gasteiger partial charge in [0.05, 0.1) is 41.4 Å². The van der Waals surface area contributed by atoms with Gasteiger partial charge in [-0.3, -0.25) is 4.79 Å². The van der Waals surface area contributed by atoms with E-state index >= 15 is 0 Å². The number of nitrogens with zero attached hydrogens (tertiary/aromatic N) is 8. The van der Waals surface area contributed by atoms with E-state index < -0.39 is 11.6 Å². The monoisotopic (exact) mass is 487 g/mol. The second kappa shape index (κ2) is 8.80. The van der Waals surface area contributed by atoms with E-state index in [0.29, 0.717) is 41.2 Å². The highest BCUT2D eigenvalue weighted by Crippen LogP contribution is 2.38. The molecule has 12 heteroatoms. The van der Waals surface area contributed by atoms with E-state index in [4.69, 9.17) is 0 Å². The minimum atomic E-state index is -0.471. The number of carbonyl (C=O) groups is 1. The highest BCUT2D eigenvalue weighted by Gasteiger charge is 2.29. The van der Waals surface area contributed by atoms with Gasteiger partial charge in [-0.05, 0) is 43.2 Å². The van der Waals surface area contributed by atoms with E-state index in [1.54, 1.807) is 10.7 Å². The molecule has 0 bridgehead atoms. The summed E-state index contributed by atoms with van der Waals surface area (Å²) < 4.78 is 31.4. The van der Waals surface area contributed by atoms with Gasteiger partial charge in [0.15, 0.2) is 0 Å². The zero-order chi connectivity index (χ0) is 24.6. The molecule has 180 valence electrons. The number of benzene rings is 1. The molecule has 5 heterocycles. The van der Waals surface area contributed by atoms with Crippen molar-refractivity contribution in [3.63, 3.8) is 0 Å². The van der Waals surface area contributed by atoms with Gasteiger partial charge in [0, 0.05) is 24.0 Å². The Balaban J connectivity index is 1.27. The maximum absolute atomic E-state index is 14.5. The van der Waals surface area contributed by atoms with E-state index in [9.17, 15) is 13.6 Å². The van der Waals surface area contributed by atoms with Crippen molar-refractivity contribution in [1.82, 2.24) is 34.3 Å². The summed E-state index contributed by atoms with van der Waals surface area (Å²) in [4.78, 5) is 27.3. The standard InChI is InChI=1S/C24H19F2N9O/c25-15-3-4-20(26)18(8-15)21-2-1-6-33(21)17-5-7-34-22(9-17)19(12-30-34)23(36)32-16-10-28-24(29-11-16)35-14-27-13-31-35/h3-5,7-14,21H,1-2,6H2,(H,32,36). The largest absolute Gasteiger partial charge is 0.364 e. The van der Waals surface area contributed by atoms with Crippen LogP contribution in [0.3, 0.4) is 0 Å². The number of hydrogen-bond acceptors (Lipinski definition) is 7. The van der Waals surface area contributed by atoms with Crippen molar-refractivity contribution >= 4 is 22.8 Å². The summed E-state index contributed by atoms with van der Waals surface area (Å²) in [6.07, 6.45) is 10.5. The van der Waals surface area contributed by atoms with Crippen LogP contribution < -0.4 is 10.2 Å². The number of rotatable bonds is 5. The van der Waals surface area contributed by atoms with Gasteiger partial charge in [0.1, 0.15) is 24.3 Å². The SMILES string of the molecule is O=C(Nc1cnc(-n2cncn2)nc1)c1cnn2ccc(N3CCCC3c3cc(F)ccc3F)cc12. The molecule has 1 aromatic carbocycles. The summed E-state index contributed by atoms with van der Waals surface area (Å²) in [6.45, 7) is 0.682. The van der Waals surface area contributed by atoms with Crippen LogP contribution in [0.5, 0.6) is 0 Å². The average Bonchev–Trinajstić information content (AvgIpc) is 3.66. The Bertz CT molecular complexity index is 1550. The molecule has 1 unspecified atom stereocenters. The van der Waals surface area contributed by atoms with Crippen LogP contribution in [-0.4, -0.2) is 46.8 Å². The van der Waals surface area contributed by atoms with Crippen LogP contribution in [0.15, 0.2) is 67.8 Å². The zero-order valence-corrected chi connectivity index (χ0v) is 18.8. The molecule has 0 saturated carbocycles. The molecule has 1 atom stereocenters. The van der Waals surface area contributed by atoms with Gasteiger partial charge in [-0.25, -0.2) is 28.2 Å². The van der Waals surface area contributed by atoms with Gasteiger partial charge in [-0.15, -0.1) is 0 Å². The lowest BCUT2D eigenvalue weighted by molar-refractivity contribution is 0.102. The third-order valence-electron chi connectivity index (χ3n) is 6.17. The van der Waals surface area contributed by atoms with E-state index in [1.807, 2.05) is 17.0 Å². The molecular formula is C24H19F2N9O. The molecule has 36 heavy (non-hydrogen) atoms. The van der Waals surface area contributed by atoms with Crippen LogP contribution in [0.25, 0.3) is 11.5 Å². The van der Waals surface area contributed by atoms with E-state index in [2.05, 4.69) is 30.5 Å². The molecule has 1 amide bonds. The highest BCUT2D eigenvalue weighted by atomic mass is 19.1. The molecule has 1 N–H and O–H groups in total. The molecule has 1 fully saturated rings. The first kappa shape index (κ1) is 21.8. The van der Waals surface area contributed by atoms with Gasteiger partial charge in [-0.2, -0.15) is 14.9 Å². The molecule has 0 spiro atoms. The Labute approximate surface area is 203 Å². The molecule has 6 rings (SSSR count). The summed E-state index contributed by atoms with van der Waals surface area (Å²) in [7, 11) is 0. The number of amides is 1. The first-order valence-electron chi connectivity index (χ1n) is 11.2. The summed E-state index contributed by atoms with van der Waals surface area (Å²) in [5, 5.41) is 11.0. The number of aromatic nitrogens is 7. The average molecular weight is 487 g/mol. The van der Waals surface area contributed by atoms with Crippen molar-refractivity contribution in [2.24, 2.45) is 0 Å². The minimum Gasteiger partial charge on any atom is -0.364 e. The predicted octanol–water partition coefficient (Wildman–Crippen LogP) is 3.58. The number of hydrogen-bond donors (Lipinski definition) is 1. The van der Waals surface area contributed by atoms with Gasteiger partial charge in [0.25, 0.3) is 11.9 Å². The smallest absolute Gasteiger partial charge is 0.259 e. The van der Waals surface area contributed by atoms with Crippen LogP contribution in [0.4, 0.5) is 20.2 Å². The fraction of sp³-hybridized carbons (Fsp3) is 0.167. The van der Waals surface area contributed by atoms with Crippen LogP contribution in [-0.2, 0) is 0 Å². The molecule has 10 nitrogen and oxygen atoms in total. The number of halogens is 2. The van der Waals surface area contributed by atoms with Crippen LogP contribution >= 0.6 is 0 Å². The summed E-state index contributed by atoms with van der Waals surface area (Å²) >= 11 is 0. The Morgan fingerprint density at radius 2 is 1.92 bits per heavy atom. The number of nitrogens with one attached hydrogen (secondary N) is 1. The van der Waals surface area contributed by atoms with Crippen molar-refractivity contribution in [2.75, 3.05) is 16.8 Å². The lowest BCUT2D eigenvalue weighted by Crippen LogP contribution is -2.23. The third kappa shape index (κ3) is 3.91. The normalized spacial score (nSPS) is 15.5. The number of anilines is 2. The van der Waals surface area contributed by atoms with Crippen molar-refractivity contribution in [1.29, 1.82) is 0 Å². The molecule has 1 aliphatic heterocycles. The van der Waals surface area contributed by atoms with E-state index in [-0.39, 0.29) is 11.9 Å². The molecule has 1 aliphatic rings. The van der Waals surface area contributed by atoms with Gasteiger partial charge < -0.3 is 10.2 Å². The topological polar surface area (TPSA) is 106 Å². The van der Waals surface area contributed by atoms with E-state index in [1.165, 1.54) is 42.0 Å². The van der Waals surface area contributed by atoms with Crippen molar-refractivity contribution in [2.45, 2.75) is 18.9 Å². The minimum absolute atomic E-state index is 0.302. The Hall–Kier alpha value is -4.74. The second-order valence-corrected chi connectivity index (χ2v) is 8.36. The molecule has 0 radical (unpaired) electrons. The third-order valence-corrected chi connectivity index (χ3v) is 6.17. The number of pyridine rings is 1. The molecular weight excluding hydrogens is 468 g/mol.